The van der Waals surface area contributed by atoms with Crippen molar-refractivity contribution in [3.63, 3.8) is 0 Å². The monoisotopic (exact) mass is 347 g/mol. The minimum atomic E-state index is 0.0660. The van der Waals surface area contributed by atoms with Crippen molar-refractivity contribution in [2.45, 2.75) is 18.7 Å². The molecule has 4 heteroatoms. The normalized spacial score (nSPS) is 12.3. The quantitative estimate of drug-likeness (QED) is 0.764. The van der Waals surface area contributed by atoms with Crippen LogP contribution in [0.5, 0.6) is 0 Å². The fraction of sp³-hybridized carbons (Fsp3) is 0.417. The lowest BCUT2D eigenvalue weighted by Gasteiger charge is -2.19. The van der Waals surface area contributed by atoms with E-state index >= 15 is 0 Å². The third-order valence-electron chi connectivity index (χ3n) is 2.29. The van der Waals surface area contributed by atoms with Crippen molar-refractivity contribution in [1.29, 1.82) is 0 Å². The van der Waals surface area contributed by atoms with Gasteiger partial charge in [-0.15, -0.1) is 0 Å². The molecule has 0 aliphatic rings. The number of aryl methyl sites for hydroxylation is 1. The molecule has 88 valence electrons. The molecule has 1 atom stereocenters. The van der Waals surface area contributed by atoms with E-state index in [1.165, 1.54) is 0 Å². The van der Waals surface area contributed by atoms with E-state index in [1.54, 1.807) is 4.90 Å². The average molecular weight is 349 g/mol. The van der Waals surface area contributed by atoms with Crippen molar-refractivity contribution in [2.24, 2.45) is 0 Å². The van der Waals surface area contributed by atoms with Crippen molar-refractivity contribution in [2.75, 3.05) is 13.6 Å². The lowest BCUT2D eigenvalue weighted by Crippen LogP contribution is -2.31. The minimum absolute atomic E-state index is 0.0660. The van der Waals surface area contributed by atoms with E-state index in [1.807, 2.05) is 39.1 Å². The highest BCUT2D eigenvalue weighted by molar-refractivity contribution is 9.10. The molecule has 0 bridgehead atoms. The maximum atomic E-state index is 12.1. The minimum Gasteiger partial charge on any atom is -0.341 e. The molecule has 1 unspecified atom stereocenters. The van der Waals surface area contributed by atoms with Crippen LogP contribution in [0.3, 0.4) is 0 Å². The van der Waals surface area contributed by atoms with Gasteiger partial charge in [-0.25, -0.2) is 0 Å². The number of amides is 1. The maximum absolute atomic E-state index is 12.1. The largest absolute Gasteiger partial charge is 0.341 e. The first-order valence-electron chi connectivity index (χ1n) is 5.07. The summed E-state index contributed by atoms with van der Waals surface area (Å²) in [5.74, 6) is 0.0660. The summed E-state index contributed by atoms with van der Waals surface area (Å²) in [7, 11) is 1.82. The van der Waals surface area contributed by atoms with Crippen LogP contribution in [0.25, 0.3) is 0 Å². The number of nitrogens with zero attached hydrogens (tertiary/aromatic N) is 1. The topological polar surface area (TPSA) is 20.3 Å². The standard InChI is InChI=1S/C12H15Br2NO/c1-8-6-10(14)4-5-11(8)12(16)15(3)7-9(2)13/h4-6,9H,7H2,1-3H3. The number of carbonyl (C=O) groups excluding carboxylic acids is 1. The van der Waals surface area contributed by atoms with Crippen LogP contribution in [0, 0.1) is 6.92 Å². The van der Waals surface area contributed by atoms with Crippen LogP contribution in [0.15, 0.2) is 22.7 Å². The Hall–Kier alpha value is -0.350. The van der Waals surface area contributed by atoms with Crippen molar-refractivity contribution in [3.8, 4) is 0 Å². The molecule has 0 radical (unpaired) electrons. The first-order valence-corrected chi connectivity index (χ1v) is 6.78. The summed E-state index contributed by atoms with van der Waals surface area (Å²) in [4.78, 5) is 14.1. The van der Waals surface area contributed by atoms with Gasteiger partial charge < -0.3 is 4.90 Å². The summed E-state index contributed by atoms with van der Waals surface area (Å²) in [6.45, 7) is 4.68. The summed E-state index contributed by atoms with van der Waals surface area (Å²) >= 11 is 6.83. The van der Waals surface area contributed by atoms with Gasteiger partial charge in [0.15, 0.2) is 0 Å². The van der Waals surface area contributed by atoms with Gasteiger partial charge in [0.25, 0.3) is 5.91 Å². The van der Waals surface area contributed by atoms with E-state index in [0.29, 0.717) is 11.4 Å². The number of rotatable bonds is 3. The average Bonchev–Trinajstić information content (AvgIpc) is 2.15. The van der Waals surface area contributed by atoms with Gasteiger partial charge in [-0.3, -0.25) is 4.79 Å². The molecule has 16 heavy (non-hydrogen) atoms. The molecule has 0 spiro atoms. The Morgan fingerprint density at radius 3 is 2.62 bits per heavy atom. The molecule has 1 aromatic rings. The van der Waals surface area contributed by atoms with Crippen molar-refractivity contribution >= 4 is 37.8 Å². The van der Waals surface area contributed by atoms with E-state index in [9.17, 15) is 4.79 Å². The summed E-state index contributed by atoms with van der Waals surface area (Å²) in [5, 5.41) is 0. The summed E-state index contributed by atoms with van der Waals surface area (Å²) in [5.41, 5.74) is 1.76. The van der Waals surface area contributed by atoms with Gasteiger partial charge in [-0.1, -0.05) is 38.8 Å². The number of hydrogen-bond acceptors (Lipinski definition) is 1. The van der Waals surface area contributed by atoms with Crippen LogP contribution < -0.4 is 0 Å². The molecule has 0 N–H and O–H groups in total. The number of benzene rings is 1. The number of hydrogen-bond donors (Lipinski definition) is 0. The maximum Gasteiger partial charge on any atom is 0.253 e. The highest BCUT2D eigenvalue weighted by Gasteiger charge is 2.15. The molecule has 0 aliphatic heterocycles. The zero-order valence-electron chi connectivity index (χ0n) is 9.63. The van der Waals surface area contributed by atoms with E-state index in [-0.39, 0.29) is 5.91 Å². The van der Waals surface area contributed by atoms with Gasteiger partial charge in [0, 0.05) is 28.5 Å². The highest BCUT2D eigenvalue weighted by atomic mass is 79.9. The first-order chi connectivity index (χ1) is 7.41. The van der Waals surface area contributed by atoms with Gasteiger partial charge in [0.1, 0.15) is 0 Å². The first kappa shape index (κ1) is 13.7. The lowest BCUT2D eigenvalue weighted by molar-refractivity contribution is 0.0796. The molecule has 0 aromatic heterocycles. The van der Waals surface area contributed by atoms with Crippen LogP contribution >= 0.6 is 31.9 Å². The summed E-state index contributed by atoms with van der Waals surface area (Å²) < 4.78 is 0.998. The van der Waals surface area contributed by atoms with Crippen LogP contribution in [-0.2, 0) is 0 Å². The number of carbonyl (C=O) groups is 1. The third-order valence-corrected chi connectivity index (χ3v) is 3.07. The Balaban J connectivity index is 2.88. The molecule has 2 nitrogen and oxygen atoms in total. The second-order valence-electron chi connectivity index (χ2n) is 3.93. The Labute approximate surface area is 113 Å². The van der Waals surface area contributed by atoms with Gasteiger partial charge >= 0.3 is 0 Å². The van der Waals surface area contributed by atoms with E-state index < -0.39 is 0 Å². The second kappa shape index (κ2) is 5.82. The number of halogens is 2. The lowest BCUT2D eigenvalue weighted by atomic mass is 10.1. The fourth-order valence-electron chi connectivity index (χ4n) is 1.53. The predicted octanol–water partition coefficient (Wildman–Crippen LogP) is 3.61. The smallest absolute Gasteiger partial charge is 0.253 e. The van der Waals surface area contributed by atoms with Crippen LogP contribution in [0.1, 0.15) is 22.8 Å². The van der Waals surface area contributed by atoms with E-state index in [0.717, 1.165) is 15.6 Å². The Kier molecular flexibility index (Phi) is 4.99. The third kappa shape index (κ3) is 3.59. The van der Waals surface area contributed by atoms with Crippen LogP contribution in [0.2, 0.25) is 0 Å². The van der Waals surface area contributed by atoms with Gasteiger partial charge in [0.2, 0.25) is 0 Å². The van der Waals surface area contributed by atoms with E-state index in [2.05, 4.69) is 31.9 Å². The molecule has 1 amide bonds. The Morgan fingerprint density at radius 2 is 2.12 bits per heavy atom. The zero-order chi connectivity index (χ0) is 12.3. The predicted molar refractivity (Wildman–Crippen MR) is 74.2 cm³/mol. The summed E-state index contributed by atoms with van der Waals surface area (Å²) in [6.07, 6.45) is 0. The Morgan fingerprint density at radius 1 is 1.50 bits per heavy atom. The van der Waals surface area contributed by atoms with Gasteiger partial charge in [-0.05, 0) is 30.7 Å². The van der Waals surface area contributed by atoms with Crippen molar-refractivity contribution in [1.82, 2.24) is 4.90 Å². The molecule has 0 saturated heterocycles. The summed E-state index contributed by atoms with van der Waals surface area (Å²) in [6, 6.07) is 5.71. The van der Waals surface area contributed by atoms with Crippen LogP contribution in [0.4, 0.5) is 0 Å². The van der Waals surface area contributed by atoms with E-state index in [4.69, 9.17) is 0 Å². The Bertz CT molecular complexity index is 391. The molecular weight excluding hydrogens is 334 g/mol. The van der Waals surface area contributed by atoms with Crippen molar-refractivity contribution in [3.05, 3.63) is 33.8 Å². The van der Waals surface area contributed by atoms with Crippen molar-refractivity contribution < 1.29 is 4.79 Å². The molecular formula is C12H15Br2NO. The van der Waals surface area contributed by atoms with Gasteiger partial charge in [-0.2, -0.15) is 0 Å². The zero-order valence-corrected chi connectivity index (χ0v) is 12.8. The SMILES string of the molecule is Cc1cc(Br)ccc1C(=O)N(C)CC(C)Br. The molecule has 0 saturated carbocycles. The second-order valence-corrected chi connectivity index (χ2v) is 6.40. The van der Waals surface area contributed by atoms with Gasteiger partial charge in [0.05, 0.1) is 0 Å². The molecule has 0 heterocycles. The number of alkyl halides is 1. The highest BCUT2D eigenvalue weighted by Crippen LogP contribution is 2.17. The van der Waals surface area contributed by atoms with Crippen LogP contribution in [-0.4, -0.2) is 29.2 Å². The fourth-order valence-corrected chi connectivity index (χ4v) is 2.44. The molecule has 0 aliphatic carbocycles. The molecule has 1 aromatic carbocycles. The molecule has 0 fully saturated rings. The molecule has 1 rings (SSSR count).